The Morgan fingerprint density at radius 2 is 1.62 bits per heavy atom. The Morgan fingerprint density at radius 3 is 2.19 bits per heavy atom. The summed E-state index contributed by atoms with van der Waals surface area (Å²) in [6.07, 6.45) is 4.20. The first kappa shape index (κ1) is 13.1. The fourth-order valence-corrected chi connectivity index (χ4v) is 2.41. The monoisotopic (exact) mass is 284 g/mol. The molecule has 0 spiro atoms. The van der Waals surface area contributed by atoms with Crippen molar-refractivity contribution in [2.75, 3.05) is 7.05 Å². The molecule has 0 fully saturated rings. The molecule has 2 aliphatic rings. The summed E-state index contributed by atoms with van der Waals surface area (Å²) in [5, 5.41) is 9.62. The Balaban J connectivity index is 2.02. The molecule has 106 valence electrons. The number of allylic oxidation sites excluding steroid dienone is 2. The van der Waals surface area contributed by atoms with Crippen molar-refractivity contribution in [1.29, 1.82) is 0 Å². The van der Waals surface area contributed by atoms with E-state index in [9.17, 15) is 19.5 Å². The number of benzene rings is 1. The molecule has 2 aliphatic heterocycles. The quantitative estimate of drug-likeness (QED) is 0.783. The highest BCUT2D eigenvalue weighted by molar-refractivity contribution is 6.23. The van der Waals surface area contributed by atoms with Gasteiger partial charge in [0.1, 0.15) is 6.04 Å². The molecule has 0 aliphatic carbocycles. The minimum Gasteiger partial charge on any atom is -0.494 e. The highest BCUT2D eigenvalue weighted by Gasteiger charge is 2.43. The van der Waals surface area contributed by atoms with Gasteiger partial charge in [-0.3, -0.25) is 24.2 Å². The van der Waals surface area contributed by atoms with E-state index in [0.717, 1.165) is 9.80 Å². The van der Waals surface area contributed by atoms with E-state index in [1.54, 1.807) is 24.3 Å². The van der Waals surface area contributed by atoms with Crippen LogP contribution in [0.3, 0.4) is 0 Å². The number of imide groups is 1. The topological polar surface area (TPSA) is 77.9 Å². The predicted molar refractivity (Wildman–Crippen MR) is 73.4 cm³/mol. The largest absolute Gasteiger partial charge is 0.494 e. The maximum absolute atomic E-state index is 12.4. The van der Waals surface area contributed by atoms with Gasteiger partial charge in [0, 0.05) is 7.05 Å². The van der Waals surface area contributed by atoms with E-state index in [4.69, 9.17) is 0 Å². The fraction of sp³-hybridized carbons (Fsp3) is 0.133. The average molecular weight is 284 g/mol. The summed E-state index contributed by atoms with van der Waals surface area (Å²) in [7, 11) is 1.38. The Bertz CT molecular complexity index is 685. The molecule has 3 rings (SSSR count). The number of amides is 3. The van der Waals surface area contributed by atoms with Crippen LogP contribution in [0.25, 0.3) is 0 Å². The minimum atomic E-state index is -1.07. The molecule has 1 aromatic carbocycles. The SMILES string of the molecule is CN1C(=O)[C@@H](N2C(=O)c3ccccc3C2=O)C=CC=C1O. The summed E-state index contributed by atoms with van der Waals surface area (Å²) in [6, 6.07) is 5.37. The molecule has 3 amide bonds. The number of aliphatic hydroxyl groups is 1. The zero-order chi connectivity index (χ0) is 15.1. The van der Waals surface area contributed by atoms with Crippen LogP contribution in [0.15, 0.2) is 48.4 Å². The van der Waals surface area contributed by atoms with Crippen molar-refractivity contribution in [3.63, 3.8) is 0 Å². The van der Waals surface area contributed by atoms with E-state index in [0.29, 0.717) is 0 Å². The lowest BCUT2D eigenvalue weighted by atomic mass is 10.1. The lowest BCUT2D eigenvalue weighted by Crippen LogP contribution is -2.48. The lowest BCUT2D eigenvalue weighted by molar-refractivity contribution is -0.132. The standard InChI is InChI=1S/C15H12N2O4/c1-16-12(18)8-4-7-11(15(16)21)17-13(19)9-5-2-3-6-10(9)14(17)20/h2-8,11,18H,1H3/t11-/m0/s1. The molecule has 1 aromatic rings. The van der Waals surface area contributed by atoms with E-state index in [2.05, 4.69) is 0 Å². The third-order valence-corrected chi connectivity index (χ3v) is 3.57. The van der Waals surface area contributed by atoms with E-state index in [-0.39, 0.29) is 17.0 Å². The van der Waals surface area contributed by atoms with Crippen molar-refractivity contribution in [3.8, 4) is 0 Å². The molecule has 0 radical (unpaired) electrons. The summed E-state index contributed by atoms with van der Waals surface area (Å²) in [4.78, 5) is 39.0. The maximum Gasteiger partial charge on any atom is 0.262 e. The van der Waals surface area contributed by atoms with E-state index < -0.39 is 23.8 Å². The average Bonchev–Trinajstić information content (AvgIpc) is 2.67. The van der Waals surface area contributed by atoms with Gasteiger partial charge in [-0.05, 0) is 18.2 Å². The van der Waals surface area contributed by atoms with Gasteiger partial charge in [-0.15, -0.1) is 0 Å². The Hall–Kier alpha value is -2.89. The van der Waals surface area contributed by atoms with Crippen LogP contribution in [0.2, 0.25) is 0 Å². The van der Waals surface area contributed by atoms with Crippen LogP contribution in [0, 0.1) is 0 Å². The number of hydrogen-bond acceptors (Lipinski definition) is 4. The summed E-state index contributed by atoms with van der Waals surface area (Å²) in [5.74, 6) is -1.80. The minimum absolute atomic E-state index is 0.240. The second-order valence-corrected chi connectivity index (χ2v) is 4.78. The van der Waals surface area contributed by atoms with Gasteiger partial charge in [0.15, 0.2) is 5.88 Å². The first-order valence-electron chi connectivity index (χ1n) is 6.34. The molecule has 0 aromatic heterocycles. The molecule has 1 N–H and O–H groups in total. The highest BCUT2D eigenvalue weighted by Crippen LogP contribution is 2.26. The fourth-order valence-electron chi connectivity index (χ4n) is 2.41. The number of carbonyl (C=O) groups excluding carboxylic acids is 3. The number of aliphatic hydroxyl groups excluding tert-OH is 1. The molecular formula is C15H12N2O4. The molecule has 6 nitrogen and oxygen atoms in total. The van der Waals surface area contributed by atoms with Gasteiger partial charge in [-0.25, -0.2) is 0 Å². The molecular weight excluding hydrogens is 272 g/mol. The maximum atomic E-state index is 12.4. The lowest BCUT2D eigenvalue weighted by Gasteiger charge is -2.25. The van der Waals surface area contributed by atoms with Crippen molar-refractivity contribution in [3.05, 3.63) is 59.5 Å². The number of nitrogens with zero attached hydrogens (tertiary/aromatic N) is 2. The van der Waals surface area contributed by atoms with Crippen LogP contribution in [-0.4, -0.2) is 45.7 Å². The summed E-state index contributed by atoms with van der Waals surface area (Å²) in [5.41, 5.74) is 0.570. The van der Waals surface area contributed by atoms with Gasteiger partial charge in [0.05, 0.1) is 11.1 Å². The van der Waals surface area contributed by atoms with Crippen molar-refractivity contribution >= 4 is 17.7 Å². The van der Waals surface area contributed by atoms with Crippen LogP contribution in [0.4, 0.5) is 0 Å². The van der Waals surface area contributed by atoms with Crippen molar-refractivity contribution in [1.82, 2.24) is 9.80 Å². The second kappa shape index (κ2) is 4.59. The van der Waals surface area contributed by atoms with Gasteiger partial charge in [-0.1, -0.05) is 24.3 Å². The van der Waals surface area contributed by atoms with E-state index in [1.807, 2.05) is 0 Å². The Morgan fingerprint density at radius 1 is 1.05 bits per heavy atom. The smallest absolute Gasteiger partial charge is 0.262 e. The third-order valence-electron chi connectivity index (χ3n) is 3.57. The van der Waals surface area contributed by atoms with Crippen LogP contribution >= 0.6 is 0 Å². The summed E-state index contributed by atoms with van der Waals surface area (Å²) in [6.45, 7) is 0. The Labute approximate surface area is 120 Å². The van der Waals surface area contributed by atoms with Gasteiger partial charge >= 0.3 is 0 Å². The van der Waals surface area contributed by atoms with Crippen LogP contribution < -0.4 is 0 Å². The number of carbonyl (C=O) groups is 3. The normalized spacial score (nSPS) is 21.5. The second-order valence-electron chi connectivity index (χ2n) is 4.78. The number of fused-ring (bicyclic) bond motifs is 1. The molecule has 21 heavy (non-hydrogen) atoms. The number of rotatable bonds is 1. The first-order valence-corrected chi connectivity index (χ1v) is 6.34. The Kier molecular flexibility index (Phi) is 2.86. The van der Waals surface area contributed by atoms with Crippen LogP contribution in [0.5, 0.6) is 0 Å². The molecule has 0 saturated heterocycles. The predicted octanol–water partition coefficient (Wildman–Crippen LogP) is 1.08. The molecule has 0 saturated carbocycles. The van der Waals surface area contributed by atoms with Gasteiger partial charge < -0.3 is 5.11 Å². The zero-order valence-corrected chi connectivity index (χ0v) is 11.2. The van der Waals surface area contributed by atoms with Crippen LogP contribution in [0.1, 0.15) is 20.7 Å². The number of likely N-dealkylation sites (N-methyl/N-ethyl adjacent to an activating group) is 1. The molecule has 2 heterocycles. The van der Waals surface area contributed by atoms with Gasteiger partial charge in [0.25, 0.3) is 17.7 Å². The first-order chi connectivity index (χ1) is 10.0. The third kappa shape index (κ3) is 1.84. The van der Waals surface area contributed by atoms with Crippen molar-refractivity contribution in [2.45, 2.75) is 6.04 Å². The number of hydrogen-bond donors (Lipinski definition) is 1. The highest BCUT2D eigenvalue weighted by atomic mass is 16.3. The van der Waals surface area contributed by atoms with E-state index in [1.165, 1.54) is 25.3 Å². The zero-order valence-electron chi connectivity index (χ0n) is 11.2. The molecule has 0 unspecified atom stereocenters. The molecule has 6 heteroatoms. The van der Waals surface area contributed by atoms with E-state index >= 15 is 0 Å². The summed E-state index contributed by atoms with van der Waals surface area (Å²) < 4.78 is 0. The van der Waals surface area contributed by atoms with Gasteiger partial charge in [0.2, 0.25) is 0 Å². The van der Waals surface area contributed by atoms with Crippen molar-refractivity contribution < 1.29 is 19.5 Å². The van der Waals surface area contributed by atoms with Crippen LogP contribution in [-0.2, 0) is 4.79 Å². The van der Waals surface area contributed by atoms with Crippen molar-refractivity contribution in [2.24, 2.45) is 0 Å². The summed E-state index contributed by atoms with van der Waals surface area (Å²) >= 11 is 0. The molecule has 0 bridgehead atoms. The van der Waals surface area contributed by atoms with Gasteiger partial charge in [-0.2, -0.15) is 0 Å². The molecule has 1 atom stereocenters.